The summed E-state index contributed by atoms with van der Waals surface area (Å²) in [5.74, 6) is 0.608. The standard InChI is InChI=1S/C15H28O5S/c1-12(2)8-9-13(16)6-5-7-14(17)10-11-15(3,4)21(18,19)20/h12H,5-11H2,1-4H3,(H,18,19,20). The monoisotopic (exact) mass is 320 g/mol. The van der Waals surface area contributed by atoms with Crippen LogP contribution in [0, 0.1) is 5.92 Å². The first kappa shape index (κ1) is 20.2. The number of carbonyl (C=O) groups excluding carboxylic acids is 2. The van der Waals surface area contributed by atoms with E-state index in [1.54, 1.807) is 0 Å². The molecule has 0 rings (SSSR count). The molecule has 0 aliphatic carbocycles. The second kappa shape index (κ2) is 8.63. The second-order valence-corrected chi connectivity index (χ2v) is 8.65. The first-order valence-corrected chi connectivity index (χ1v) is 8.90. The SMILES string of the molecule is CC(C)CCC(=O)CCCC(=O)CCC(C)(C)S(=O)(=O)O. The number of ketones is 2. The van der Waals surface area contributed by atoms with E-state index in [0.29, 0.717) is 25.2 Å². The molecule has 5 nitrogen and oxygen atoms in total. The predicted molar refractivity (Wildman–Crippen MR) is 82.8 cm³/mol. The summed E-state index contributed by atoms with van der Waals surface area (Å²) in [6, 6.07) is 0. The smallest absolute Gasteiger partial charge is 0.270 e. The van der Waals surface area contributed by atoms with E-state index in [9.17, 15) is 18.0 Å². The topological polar surface area (TPSA) is 88.5 Å². The third-order valence-electron chi connectivity index (χ3n) is 3.62. The molecular formula is C15H28O5S. The molecular weight excluding hydrogens is 292 g/mol. The molecule has 0 aromatic rings. The van der Waals surface area contributed by atoms with Crippen molar-refractivity contribution in [1.29, 1.82) is 0 Å². The van der Waals surface area contributed by atoms with Crippen molar-refractivity contribution in [2.75, 3.05) is 0 Å². The summed E-state index contributed by atoms with van der Waals surface area (Å²) in [7, 11) is -4.15. The molecule has 124 valence electrons. The van der Waals surface area contributed by atoms with Crippen molar-refractivity contribution >= 4 is 21.7 Å². The van der Waals surface area contributed by atoms with Crippen LogP contribution in [0.3, 0.4) is 0 Å². The molecule has 0 amide bonds. The molecule has 1 N–H and O–H groups in total. The van der Waals surface area contributed by atoms with Crippen LogP contribution in [0.2, 0.25) is 0 Å². The average molecular weight is 320 g/mol. The van der Waals surface area contributed by atoms with Gasteiger partial charge in [0, 0.05) is 25.7 Å². The van der Waals surface area contributed by atoms with Gasteiger partial charge in [0.25, 0.3) is 10.1 Å². The number of hydrogen-bond acceptors (Lipinski definition) is 4. The number of carbonyl (C=O) groups is 2. The Kier molecular flexibility index (Phi) is 8.33. The summed E-state index contributed by atoms with van der Waals surface area (Å²) in [6.07, 6.45) is 2.83. The maximum atomic E-state index is 11.7. The number of rotatable bonds is 11. The van der Waals surface area contributed by atoms with Crippen molar-refractivity contribution in [3.8, 4) is 0 Å². The van der Waals surface area contributed by atoms with Gasteiger partial charge in [-0.15, -0.1) is 0 Å². The highest BCUT2D eigenvalue weighted by atomic mass is 32.2. The van der Waals surface area contributed by atoms with E-state index in [-0.39, 0.29) is 30.8 Å². The molecule has 0 spiro atoms. The molecule has 0 unspecified atom stereocenters. The van der Waals surface area contributed by atoms with E-state index in [4.69, 9.17) is 4.55 Å². The number of hydrogen-bond donors (Lipinski definition) is 1. The normalized spacial score (nSPS) is 12.7. The van der Waals surface area contributed by atoms with Crippen molar-refractivity contribution in [2.24, 2.45) is 5.92 Å². The molecule has 0 saturated carbocycles. The van der Waals surface area contributed by atoms with Crippen LogP contribution in [0.25, 0.3) is 0 Å². The summed E-state index contributed by atoms with van der Waals surface area (Å²) in [6.45, 7) is 6.91. The van der Waals surface area contributed by atoms with Crippen LogP contribution in [-0.2, 0) is 19.7 Å². The zero-order chi connectivity index (χ0) is 16.7. The Hall–Kier alpha value is -0.750. The van der Waals surface area contributed by atoms with Gasteiger partial charge in [0.1, 0.15) is 11.6 Å². The summed E-state index contributed by atoms with van der Waals surface area (Å²) < 4.78 is 29.9. The lowest BCUT2D eigenvalue weighted by molar-refractivity contribution is -0.120. The fourth-order valence-corrected chi connectivity index (χ4v) is 2.11. The van der Waals surface area contributed by atoms with Gasteiger partial charge < -0.3 is 0 Å². The molecule has 0 saturated heterocycles. The van der Waals surface area contributed by atoms with Gasteiger partial charge in [-0.25, -0.2) is 0 Å². The molecule has 0 bridgehead atoms. The lowest BCUT2D eigenvalue weighted by Crippen LogP contribution is -2.31. The minimum absolute atomic E-state index is 0.0663. The maximum absolute atomic E-state index is 11.7. The first-order chi connectivity index (χ1) is 9.45. The van der Waals surface area contributed by atoms with Crippen LogP contribution in [0.5, 0.6) is 0 Å². The average Bonchev–Trinajstić information content (AvgIpc) is 2.32. The quantitative estimate of drug-likeness (QED) is 0.591. The molecule has 0 aliphatic rings. The van der Waals surface area contributed by atoms with Crippen molar-refractivity contribution < 1.29 is 22.6 Å². The molecule has 0 aromatic carbocycles. The van der Waals surface area contributed by atoms with Crippen LogP contribution in [-0.4, -0.2) is 29.3 Å². The van der Waals surface area contributed by atoms with Crippen LogP contribution in [0.4, 0.5) is 0 Å². The summed E-state index contributed by atoms with van der Waals surface area (Å²) in [5, 5.41) is 0. The van der Waals surface area contributed by atoms with E-state index in [1.807, 2.05) is 0 Å². The van der Waals surface area contributed by atoms with E-state index in [1.165, 1.54) is 13.8 Å². The zero-order valence-corrected chi connectivity index (χ0v) is 14.3. The van der Waals surface area contributed by atoms with E-state index in [2.05, 4.69) is 13.8 Å². The molecule has 0 aromatic heterocycles. The van der Waals surface area contributed by atoms with Crippen molar-refractivity contribution in [3.63, 3.8) is 0 Å². The molecule has 0 atom stereocenters. The number of Topliss-reactive ketones (excluding diaryl/α,β-unsaturated/α-hetero) is 2. The Morgan fingerprint density at radius 2 is 1.48 bits per heavy atom. The van der Waals surface area contributed by atoms with Crippen molar-refractivity contribution in [3.05, 3.63) is 0 Å². The van der Waals surface area contributed by atoms with Crippen molar-refractivity contribution in [2.45, 2.75) is 77.4 Å². The zero-order valence-electron chi connectivity index (χ0n) is 13.5. The molecule has 0 heterocycles. The van der Waals surface area contributed by atoms with Crippen LogP contribution in [0.1, 0.15) is 72.6 Å². The van der Waals surface area contributed by atoms with Gasteiger partial charge in [-0.3, -0.25) is 14.1 Å². The van der Waals surface area contributed by atoms with Gasteiger partial charge in [-0.1, -0.05) is 13.8 Å². The van der Waals surface area contributed by atoms with Gasteiger partial charge in [0.15, 0.2) is 0 Å². The Morgan fingerprint density at radius 1 is 1.00 bits per heavy atom. The highest BCUT2D eigenvalue weighted by Gasteiger charge is 2.32. The molecule has 21 heavy (non-hydrogen) atoms. The first-order valence-electron chi connectivity index (χ1n) is 7.46. The molecule has 6 heteroatoms. The predicted octanol–water partition coefficient (Wildman–Crippen LogP) is 3.18. The third-order valence-corrected chi connectivity index (χ3v) is 5.22. The van der Waals surface area contributed by atoms with E-state index >= 15 is 0 Å². The maximum Gasteiger partial charge on any atom is 0.270 e. The highest BCUT2D eigenvalue weighted by molar-refractivity contribution is 7.87. The van der Waals surface area contributed by atoms with Gasteiger partial charge in [0.2, 0.25) is 0 Å². The second-order valence-electron chi connectivity index (χ2n) is 6.60. The minimum Gasteiger partial charge on any atom is -0.300 e. The molecule has 0 fully saturated rings. The Bertz CT molecular complexity index is 449. The summed E-state index contributed by atoms with van der Waals surface area (Å²) in [4.78, 5) is 23.2. The van der Waals surface area contributed by atoms with Gasteiger partial charge >= 0.3 is 0 Å². The molecule has 0 aliphatic heterocycles. The third kappa shape index (κ3) is 8.98. The Labute approximate surface area is 128 Å². The van der Waals surface area contributed by atoms with Crippen LogP contribution in [0.15, 0.2) is 0 Å². The Morgan fingerprint density at radius 3 is 1.90 bits per heavy atom. The van der Waals surface area contributed by atoms with Crippen molar-refractivity contribution in [1.82, 2.24) is 0 Å². The lowest BCUT2D eigenvalue weighted by Gasteiger charge is -2.19. The fourth-order valence-electron chi connectivity index (χ4n) is 1.75. The lowest BCUT2D eigenvalue weighted by atomic mass is 9.99. The Balaban J connectivity index is 3.95. The van der Waals surface area contributed by atoms with E-state index < -0.39 is 14.9 Å². The van der Waals surface area contributed by atoms with Crippen LogP contribution >= 0.6 is 0 Å². The van der Waals surface area contributed by atoms with Gasteiger partial charge in [-0.2, -0.15) is 8.42 Å². The van der Waals surface area contributed by atoms with Gasteiger partial charge in [0.05, 0.1) is 4.75 Å². The minimum atomic E-state index is -4.15. The van der Waals surface area contributed by atoms with Crippen LogP contribution < -0.4 is 0 Å². The summed E-state index contributed by atoms with van der Waals surface area (Å²) in [5.41, 5.74) is 0. The van der Waals surface area contributed by atoms with E-state index in [0.717, 1.165) is 6.42 Å². The highest BCUT2D eigenvalue weighted by Crippen LogP contribution is 2.22. The molecule has 0 radical (unpaired) electrons. The largest absolute Gasteiger partial charge is 0.300 e. The summed E-state index contributed by atoms with van der Waals surface area (Å²) >= 11 is 0. The fraction of sp³-hybridized carbons (Fsp3) is 0.867. The van der Waals surface area contributed by atoms with Gasteiger partial charge in [-0.05, 0) is 39.0 Å².